The number of fused-ring (bicyclic) bond motifs is 1. The van der Waals surface area contributed by atoms with Crippen LogP contribution in [0, 0.1) is 0 Å². The summed E-state index contributed by atoms with van der Waals surface area (Å²) < 4.78 is 88.0. The molecular formula is C19H15F6NO4. The van der Waals surface area contributed by atoms with Crippen molar-refractivity contribution >= 4 is 5.91 Å². The Balaban J connectivity index is 1.81. The predicted molar refractivity (Wildman–Crippen MR) is 90.9 cm³/mol. The second-order valence-electron chi connectivity index (χ2n) is 6.82. The fraction of sp³-hybridized carbons (Fsp3) is 0.316. The maximum absolute atomic E-state index is 12.9. The van der Waals surface area contributed by atoms with Gasteiger partial charge in [-0.2, -0.15) is 26.3 Å². The molecule has 1 aliphatic rings. The molecule has 2 aromatic carbocycles. The molecular weight excluding hydrogens is 420 g/mol. The van der Waals surface area contributed by atoms with Crippen molar-refractivity contribution in [3.8, 4) is 11.5 Å². The first kappa shape index (κ1) is 21.8. The molecule has 0 radical (unpaired) electrons. The van der Waals surface area contributed by atoms with E-state index in [1.165, 1.54) is 25.1 Å². The van der Waals surface area contributed by atoms with Gasteiger partial charge in [0.15, 0.2) is 11.5 Å². The van der Waals surface area contributed by atoms with Crippen molar-refractivity contribution < 1.29 is 45.7 Å². The van der Waals surface area contributed by atoms with E-state index in [4.69, 9.17) is 9.47 Å². The fourth-order valence-corrected chi connectivity index (χ4v) is 2.77. The van der Waals surface area contributed by atoms with Crippen molar-refractivity contribution in [2.24, 2.45) is 0 Å². The fourth-order valence-electron chi connectivity index (χ4n) is 2.77. The first-order valence-corrected chi connectivity index (χ1v) is 8.47. The van der Waals surface area contributed by atoms with E-state index in [1.54, 1.807) is 0 Å². The maximum atomic E-state index is 12.9. The summed E-state index contributed by atoms with van der Waals surface area (Å²) in [4.78, 5) is 12.3. The van der Waals surface area contributed by atoms with Crippen LogP contribution in [0.25, 0.3) is 0 Å². The third kappa shape index (κ3) is 4.61. The van der Waals surface area contributed by atoms with Crippen LogP contribution in [0.5, 0.6) is 11.5 Å². The lowest BCUT2D eigenvalue weighted by Gasteiger charge is -2.24. The van der Waals surface area contributed by atoms with Gasteiger partial charge in [0, 0.05) is 5.56 Å². The molecule has 2 N–H and O–H groups in total. The smallest absolute Gasteiger partial charge is 0.416 e. The number of ether oxygens (including phenoxy) is 2. The summed E-state index contributed by atoms with van der Waals surface area (Å²) in [6.07, 6.45) is -10.2. The zero-order chi connectivity index (χ0) is 22.3. The van der Waals surface area contributed by atoms with Crippen molar-refractivity contribution in [1.82, 2.24) is 5.32 Å². The summed E-state index contributed by atoms with van der Waals surface area (Å²) in [5, 5.41) is 12.8. The Morgan fingerprint density at radius 2 is 1.50 bits per heavy atom. The average molecular weight is 435 g/mol. The summed E-state index contributed by atoms with van der Waals surface area (Å²) in [6.45, 7) is 0.829. The number of hydrogen-bond acceptors (Lipinski definition) is 4. The summed E-state index contributed by atoms with van der Waals surface area (Å²) in [5.41, 5.74) is -5.44. The zero-order valence-corrected chi connectivity index (χ0v) is 15.3. The zero-order valence-electron chi connectivity index (χ0n) is 15.3. The summed E-state index contributed by atoms with van der Waals surface area (Å²) in [6, 6.07) is 5.04. The molecule has 5 nitrogen and oxygen atoms in total. The molecule has 1 aliphatic heterocycles. The molecule has 1 unspecified atom stereocenters. The highest BCUT2D eigenvalue weighted by Crippen LogP contribution is 2.37. The van der Waals surface area contributed by atoms with E-state index in [1.807, 2.05) is 0 Å². The van der Waals surface area contributed by atoms with E-state index in [2.05, 4.69) is 5.32 Å². The van der Waals surface area contributed by atoms with E-state index in [0.29, 0.717) is 29.2 Å². The van der Waals surface area contributed by atoms with E-state index >= 15 is 0 Å². The highest BCUT2D eigenvalue weighted by molar-refractivity contribution is 5.94. The maximum Gasteiger partial charge on any atom is 0.416 e. The van der Waals surface area contributed by atoms with Crippen LogP contribution in [-0.4, -0.2) is 24.4 Å². The molecule has 0 spiro atoms. The minimum Gasteiger partial charge on any atom is -0.454 e. The first-order chi connectivity index (χ1) is 13.8. The highest BCUT2D eigenvalue weighted by atomic mass is 19.4. The highest BCUT2D eigenvalue weighted by Gasteiger charge is 2.37. The normalized spacial score (nSPS) is 15.6. The topological polar surface area (TPSA) is 67.8 Å². The molecule has 1 atom stereocenters. The molecule has 30 heavy (non-hydrogen) atoms. The molecule has 0 fully saturated rings. The molecule has 3 rings (SSSR count). The Bertz CT molecular complexity index is 936. The molecule has 1 heterocycles. The van der Waals surface area contributed by atoms with Gasteiger partial charge in [0.05, 0.1) is 17.7 Å². The molecule has 0 saturated heterocycles. The van der Waals surface area contributed by atoms with Crippen LogP contribution in [-0.2, 0) is 18.0 Å². The van der Waals surface area contributed by atoms with Gasteiger partial charge in [0.1, 0.15) is 5.60 Å². The van der Waals surface area contributed by atoms with Crippen LogP contribution >= 0.6 is 0 Å². The minimum absolute atomic E-state index is 0.00521. The van der Waals surface area contributed by atoms with Crippen molar-refractivity contribution in [2.45, 2.75) is 24.9 Å². The Morgan fingerprint density at radius 3 is 2.07 bits per heavy atom. The third-order valence-corrected chi connectivity index (χ3v) is 4.44. The summed E-state index contributed by atoms with van der Waals surface area (Å²) in [7, 11) is 0. The molecule has 0 aromatic heterocycles. The van der Waals surface area contributed by atoms with Gasteiger partial charge in [-0.15, -0.1) is 0 Å². The number of alkyl halides is 6. The number of amides is 1. The minimum atomic E-state index is -5.08. The van der Waals surface area contributed by atoms with Gasteiger partial charge in [-0.3, -0.25) is 4.79 Å². The Kier molecular flexibility index (Phi) is 5.35. The van der Waals surface area contributed by atoms with Crippen LogP contribution in [0.1, 0.15) is 34.0 Å². The number of nitrogens with one attached hydrogen (secondary N) is 1. The lowest BCUT2D eigenvalue weighted by atomic mass is 9.95. The van der Waals surface area contributed by atoms with Gasteiger partial charge in [0.25, 0.3) is 5.91 Å². The first-order valence-electron chi connectivity index (χ1n) is 8.47. The second-order valence-corrected chi connectivity index (χ2v) is 6.82. The van der Waals surface area contributed by atoms with Gasteiger partial charge < -0.3 is 19.9 Å². The van der Waals surface area contributed by atoms with Crippen molar-refractivity contribution in [3.05, 3.63) is 58.7 Å². The van der Waals surface area contributed by atoms with Crippen molar-refractivity contribution in [1.29, 1.82) is 0 Å². The van der Waals surface area contributed by atoms with E-state index in [9.17, 15) is 36.2 Å². The molecule has 0 aliphatic carbocycles. The number of carbonyl (C=O) groups excluding carboxylic acids is 1. The molecule has 162 valence electrons. The quantitative estimate of drug-likeness (QED) is 0.710. The van der Waals surface area contributed by atoms with E-state index < -0.39 is 47.1 Å². The van der Waals surface area contributed by atoms with Gasteiger partial charge in [-0.05, 0) is 42.8 Å². The van der Waals surface area contributed by atoms with Gasteiger partial charge in [-0.1, -0.05) is 6.07 Å². The number of rotatable bonds is 4. The Hall–Kier alpha value is -2.95. The van der Waals surface area contributed by atoms with Crippen molar-refractivity contribution in [2.75, 3.05) is 13.3 Å². The van der Waals surface area contributed by atoms with E-state index in [-0.39, 0.29) is 12.9 Å². The molecule has 2 aromatic rings. The second kappa shape index (κ2) is 7.38. The van der Waals surface area contributed by atoms with Gasteiger partial charge in [-0.25, -0.2) is 0 Å². The number of benzene rings is 2. The standard InChI is InChI=1S/C19H15F6NO4/c1-17(28,11-2-3-14-15(7-11)30-9-29-14)8-26-16(27)10-4-12(18(20,21)22)6-13(5-10)19(23,24)25/h2-7,28H,8-9H2,1H3,(H,26,27). The van der Waals surface area contributed by atoms with Crippen LogP contribution < -0.4 is 14.8 Å². The molecule has 0 bridgehead atoms. The van der Waals surface area contributed by atoms with Crippen LogP contribution in [0.4, 0.5) is 26.3 Å². The number of halogens is 6. The monoisotopic (exact) mass is 435 g/mol. The lowest BCUT2D eigenvalue weighted by Crippen LogP contribution is -2.38. The van der Waals surface area contributed by atoms with Gasteiger partial charge >= 0.3 is 12.4 Å². The van der Waals surface area contributed by atoms with Gasteiger partial charge in [0.2, 0.25) is 6.79 Å². The number of carbonyl (C=O) groups is 1. The Labute approximate surface area is 166 Å². The number of aliphatic hydroxyl groups is 1. The SMILES string of the molecule is CC(O)(CNC(=O)c1cc(C(F)(F)F)cc(C(F)(F)F)c1)c1ccc2c(c1)OCO2. The molecule has 0 saturated carbocycles. The molecule has 1 amide bonds. The van der Waals surface area contributed by atoms with Crippen LogP contribution in [0.2, 0.25) is 0 Å². The molecule has 11 heteroatoms. The number of hydrogen-bond donors (Lipinski definition) is 2. The Morgan fingerprint density at radius 1 is 0.933 bits per heavy atom. The summed E-state index contributed by atoms with van der Waals surface area (Å²) in [5.74, 6) is -0.401. The lowest BCUT2D eigenvalue weighted by molar-refractivity contribution is -0.143. The van der Waals surface area contributed by atoms with Crippen molar-refractivity contribution in [3.63, 3.8) is 0 Å². The average Bonchev–Trinajstić information content (AvgIpc) is 3.12. The van der Waals surface area contributed by atoms with E-state index in [0.717, 1.165) is 0 Å². The largest absolute Gasteiger partial charge is 0.454 e. The summed E-state index contributed by atoms with van der Waals surface area (Å²) >= 11 is 0. The van der Waals surface area contributed by atoms with Crippen LogP contribution in [0.3, 0.4) is 0 Å². The third-order valence-electron chi connectivity index (χ3n) is 4.44. The van der Waals surface area contributed by atoms with Crippen LogP contribution in [0.15, 0.2) is 36.4 Å². The predicted octanol–water partition coefficient (Wildman–Crippen LogP) is 4.09.